The number of methoxy groups -OCH3 is 8. The number of hydrogen-bond donors (Lipinski definition) is 8. The van der Waals surface area contributed by atoms with Gasteiger partial charge in [0.2, 0.25) is 0 Å². The number of hydrogen-bond acceptors (Lipinski definition) is 16. The zero-order valence-corrected chi connectivity index (χ0v) is 36.8. The van der Waals surface area contributed by atoms with Crippen LogP contribution in [0.4, 0.5) is 0 Å². The van der Waals surface area contributed by atoms with Gasteiger partial charge in [0, 0.05) is 80.6 Å². The average Bonchev–Trinajstić information content (AvgIpc) is 3.97. The largest absolute Gasteiger partial charge is 1.00 e. The van der Waals surface area contributed by atoms with Crippen LogP contribution in [0, 0.1) is 47.3 Å². The van der Waals surface area contributed by atoms with Crippen molar-refractivity contribution >= 4 is 0 Å². The van der Waals surface area contributed by atoms with E-state index in [4.69, 9.17) is 37.9 Å². The third kappa shape index (κ3) is 7.70. The van der Waals surface area contributed by atoms with Gasteiger partial charge in [-0.25, -0.2) is 0 Å². The van der Waals surface area contributed by atoms with Crippen LogP contribution in [-0.4, -0.2) is 155 Å². The van der Waals surface area contributed by atoms with Crippen LogP contribution < -0.4 is 80.3 Å². The summed E-state index contributed by atoms with van der Waals surface area (Å²) >= 11 is 0. The van der Waals surface area contributed by atoms with Crippen molar-refractivity contribution in [2.75, 3.05) is 56.9 Å². The van der Waals surface area contributed by atoms with Crippen molar-refractivity contribution in [1.82, 2.24) is 42.5 Å². The number of nitrogens with one attached hydrogen (secondary N) is 8. The van der Waals surface area contributed by atoms with Gasteiger partial charge in [-0.05, 0) is 49.4 Å². The molecule has 9 aliphatic rings. The van der Waals surface area contributed by atoms with Gasteiger partial charge >= 0.3 is 37.7 Å². The molecule has 5 saturated heterocycles. The third-order valence-electron chi connectivity index (χ3n) is 16.4. The normalized spacial score (nSPS) is 53.4. The zero-order chi connectivity index (χ0) is 38.8. The van der Waals surface area contributed by atoms with E-state index in [1.54, 1.807) is 56.9 Å². The molecular formula is C40H74Li2N8O8. The molecule has 0 aromatic carbocycles. The second kappa shape index (κ2) is 19.7. The molecule has 8 bridgehead atoms. The predicted octanol–water partition coefficient (Wildman–Crippen LogP) is -6.16. The second-order valence-electron chi connectivity index (χ2n) is 18.3. The zero-order valence-electron chi connectivity index (χ0n) is 38.8. The summed E-state index contributed by atoms with van der Waals surface area (Å²) in [5.74, 6) is 2.06. The van der Waals surface area contributed by atoms with E-state index in [0.717, 1.165) is 0 Å². The van der Waals surface area contributed by atoms with Gasteiger partial charge in [-0.3, -0.25) is 42.5 Å². The Balaban J connectivity index is 0.00000171. The van der Waals surface area contributed by atoms with Crippen molar-refractivity contribution in [2.24, 2.45) is 47.3 Å². The SMILES string of the molecule is COC1C(OC)C(OC)C2C3NC(NC4NC(NC5NC(NC6NC(N3)C3C(OC)C(OC)C(OC)C(OC)C63)C3CCCCC53)C3CCCCC43)C2C1OC.[H-].[H-].[Li+].[Li+]. The molecule has 5 aliphatic heterocycles. The minimum Gasteiger partial charge on any atom is -1.00 e. The first-order valence-corrected chi connectivity index (χ1v) is 21.7. The summed E-state index contributed by atoms with van der Waals surface area (Å²) in [6, 6.07) is 0. The van der Waals surface area contributed by atoms with Crippen molar-refractivity contribution in [1.29, 1.82) is 0 Å². The number of fused-ring (bicyclic) bond motifs is 20. The van der Waals surface area contributed by atoms with Crippen LogP contribution in [0.5, 0.6) is 0 Å². The molecule has 324 valence electrons. The van der Waals surface area contributed by atoms with Crippen LogP contribution >= 0.6 is 0 Å². The standard InChI is InChI=1S/C40H72N8O8.2Li.2H/c1-49-25-21-23(27(51-3)31(55-7)29(25)53-5)39-46-37(21)44-35-19-15-11-9-13-17(19)33(42-35)41-34-18-14-10-12-16-20(18)36(43-34)45-38-22-24(40(47-38)48-39)28(52-4)32(56-8)30(54-6)26(22)50-2;;;;/h17-48H,9-16H2,1-8H3;;;;/q;2*+1;2*-1. The summed E-state index contributed by atoms with van der Waals surface area (Å²) in [4.78, 5) is 0. The van der Waals surface area contributed by atoms with Crippen molar-refractivity contribution in [3.63, 3.8) is 0 Å². The van der Waals surface area contributed by atoms with Crippen LogP contribution in [0.3, 0.4) is 0 Å². The first-order chi connectivity index (χ1) is 27.4. The first-order valence-electron chi connectivity index (χ1n) is 21.7. The summed E-state index contributed by atoms with van der Waals surface area (Å²) in [6.45, 7) is 0. The van der Waals surface area contributed by atoms with Gasteiger partial charge in [-0.2, -0.15) is 0 Å². The molecule has 16 nitrogen and oxygen atoms in total. The maximum Gasteiger partial charge on any atom is 1.00 e. The Morgan fingerprint density at radius 3 is 0.638 bits per heavy atom. The van der Waals surface area contributed by atoms with E-state index in [0.29, 0.717) is 23.7 Å². The van der Waals surface area contributed by atoms with Gasteiger partial charge in [0.05, 0.1) is 73.7 Å². The van der Waals surface area contributed by atoms with Crippen molar-refractivity contribution in [3.8, 4) is 0 Å². The maximum absolute atomic E-state index is 6.45. The van der Waals surface area contributed by atoms with Gasteiger partial charge in [0.25, 0.3) is 0 Å². The molecule has 4 saturated carbocycles. The molecule has 4 aliphatic carbocycles. The molecule has 58 heavy (non-hydrogen) atoms. The van der Waals surface area contributed by atoms with Gasteiger partial charge < -0.3 is 40.7 Å². The molecule has 24 atom stereocenters. The van der Waals surface area contributed by atoms with E-state index >= 15 is 0 Å². The minimum absolute atomic E-state index is 0. The van der Waals surface area contributed by atoms with Crippen molar-refractivity contribution in [2.45, 2.75) is 150 Å². The maximum atomic E-state index is 6.45. The summed E-state index contributed by atoms with van der Waals surface area (Å²) in [7, 11) is 14.2. The summed E-state index contributed by atoms with van der Waals surface area (Å²) < 4.78 is 50.7. The molecule has 18 heteroatoms. The van der Waals surface area contributed by atoms with Gasteiger partial charge in [0.1, 0.15) is 24.4 Å². The molecule has 0 radical (unpaired) electrons. The fourth-order valence-corrected chi connectivity index (χ4v) is 14.2. The second-order valence-corrected chi connectivity index (χ2v) is 18.3. The fraction of sp³-hybridized carbons (Fsp3) is 1.00. The minimum atomic E-state index is -0.334. The van der Waals surface area contributed by atoms with Crippen LogP contribution in [0.15, 0.2) is 0 Å². The van der Waals surface area contributed by atoms with Crippen LogP contribution in [0.25, 0.3) is 0 Å². The van der Waals surface area contributed by atoms with Crippen LogP contribution in [-0.2, 0) is 37.9 Å². The molecule has 0 spiro atoms. The molecule has 5 heterocycles. The molecule has 24 unspecified atom stereocenters. The van der Waals surface area contributed by atoms with Gasteiger partial charge in [0.15, 0.2) is 0 Å². The molecule has 0 aromatic rings. The topological polar surface area (TPSA) is 170 Å². The monoisotopic (exact) mass is 809 g/mol. The molecule has 9 rings (SSSR count). The Hall–Kier alpha value is 0.555. The summed E-state index contributed by atoms with van der Waals surface area (Å²) in [6.07, 6.45) is 7.73. The first kappa shape index (κ1) is 46.5. The number of ether oxygens (including phenoxy) is 8. The van der Waals surface area contributed by atoms with E-state index in [2.05, 4.69) is 42.5 Å². The quantitative estimate of drug-likeness (QED) is 0.109. The number of rotatable bonds is 8. The molecule has 0 aromatic heterocycles. The van der Waals surface area contributed by atoms with E-state index in [1.165, 1.54) is 51.4 Å². The summed E-state index contributed by atoms with van der Waals surface area (Å²) in [5.41, 5.74) is 0. The van der Waals surface area contributed by atoms with E-state index in [9.17, 15) is 0 Å². The van der Waals surface area contributed by atoms with Gasteiger partial charge in [-0.15, -0.1) is 0 Å². The Morgan fingerprint density at radius 1 is 0.276 bits per heavy atom. The Bertz CT molecular complexity index is 1260. The van der Waals surface area contributed by atoms with E-state index < -0.39 is 0 Å². The Kier molecular flexibility index (Phi) is 15.8. The predicted molar refractivity (Wildman–Crippen MR) is 209 cm³/mol. The fourth-order valence-electron chi connectivity index (χ4n) is 14.2. The summed E-state index contributed by atoms with van der Waals surface area (Å²) in [5, 5.41) is 33.3. The Labute approximate surface area is 373 Å². The van der Waals surface area contributed by atoms with Crippen LogP contribution in [0.2, 0.25) is 0 Å². The third-order valence-corrected chi connectivity index (χ3v) is 16.4. The van der Waals surface area contributed by atoms with Crippen molar-refractivity contribution in [3.05, 3.63) is 0 Å². The molecule has 0 amide bonds. The van der Waals surface area contributed by atoms with Gasteiger partial charge in [-0.1, -0.05) is 25.7 Å². The van der Waals surface area contributed by atoms with E-state index in [1.807, 2.05) is 0 Å². The molecular weight excluding hydrogens is 734 g/mol. The van der Waals surface area contributed by atoms with Crippen LogP contribution in [0.1, 0.15) is 54.2 Å². The van der Waals surface area contributed by atoms with Crippen molar-refractivity contribution < 1.29 is 78.5 Å². The van der Waals surface area contributed by atoms with E-state index in [-0.39, 0.29) is 162 Å². The molecule has 8 N–H and O–H groups in total. The average molecular weight is 809 g/mol. The Morgan fingerprint density at radius 2 is 0.448 bits per heavy atom. The molecule has 9 fully saturated rings. The smallest absolute Gasteiger partial charge is 1.00 e.